The van der Waals surface area contributed by atoms with Crippen LogP contribution in [0.25, 0.3) is 0 Å². The van der Waals surface area contributed by atoms with Crippen LogP contribution in [0, 0.1) is 0 Å². The van der Waals surface area contributed by atoms with Gasteiger partial charge in [0.2, 0.25) is 5.91 Å². The van der Waals surface area contributed by atoms with E-state index in [1.54, 1.807) is 30.3 Å². The SMILES string of the molecule is NN(C(=O)c1ccccc1)C(=O)N1CCCC1=O. The standard InChI is InChI=1S/C12H13N3O3/c13-15(11(17)9-5-2-1-3-6-9)12(18)14-8-4-7-10(14)16/h1-3,5-6H,4,7-8,13H2. The minimum absolute atomic E-state index is 0.295. The number of amides is 4. The maximum atomic E-state index is 11.9. The molecule has 1 saturated heterocycles. The van der Waals surface area contributed by atoms with Crippen molar-refractivity contribution >= 4 is 17.8 Å². The third-order valence-corrected chi connectivity index (χ3v) is 2.75. The van der Waals surface area contributed by atoms with Gasteiger partial charge >= 0.3 is 6.03 Å². The summed E-state index contributed by atoms with van der Waals surface area (Å²) in [6, 6.07) is 7.44. The van der Waals surface area contributed by atoms with Crippen LogP contribution in [0.2, 0.25) is 0 Å². The van der Waals surface area contributed by atoms with E-state index in [-0.39, 0.29) is 5.91 Å². The number of hydrogen-bond acceptors (Lipinski definition) is 4. The van der Waals surface area contributed by atoms with Gasteiger partial charge in [0.1, 0.15) is 0 Å². The fourth-order valence-corrected chi connectivity index (χ4v) is 1.79. The van der Waals surface area contributed by atoms with Crippen LogP contribution in [0.1, 0.15) is 23.2 Å². The molecule has 0 aromatic heterocycles. The highest BCUT2D eigenvalue weighted by Gasteiger charge is 2.32. The molecule has 0 unspecified atom stereocenters. The first-order valence-corrected chi connectivity index (χ1v) is 5.60. The van der Waals surface area contributed by atoms with Gasteiger partial charge in [-0.05, 0) is 18.6 Å². The zero-order chi connectivity index (χ0) is 13.1. The van der Waals surface area contributed by atoms with Gasteiger partial charge in [-0.2, -0.15) is 5.01 Å². The summed E-state index contributed by atoms with van der Waals surface area (Å²) in [4.78, 5) is 36.1. The van der Waals surface area contributed by atoms with E-state index in [9.17, 15) is 14.4 Å². The number of carbonyl (C=O) groups excluding carboxylic acids is 3. The Morgan fingerprint density at radius 3 is 2.44 bits per heavy atom. The molecule has 0 saturated carbocycles. The average Bonchev–Trinajstić information content (AvgIpc) is 2.83. The van der Waals surface area contributed by atoms with Crippen molar-refractivity contribution in [2.45, 2.75) is 12.8 Å². The van der Waals surface area contributed by atoms with Crippen molar-refractivity contribution < 1.29 is 14.4 Å². The smallest absolute Gasteiger partial charge is 0.274 e. The Morgan fingerprint density at radius 2 is 1.89 bits per heavy atom. The number of nitrogens with zero attached hydrogens (tertiary/aromatic N) is 2. The molecule has 0 aliphatic carbocycles. The van der Waals surface area contributed by atoms with Gasteiger partial charge in [-0.3, -0.25) is 14.5 Å². The summed E-state index contributed by atoms with van der Waals surface area (Å²) in [5, 5.41) is 0.485. The second kappa shape index (κ2) is 4.97. The monoisotopic (exact) mass is 247 g/mol. The van der Waals surface area contributed by atoms with Gasteiger partial charge in [-0.15, -0.1) is 0 Å². The van der Waals surface area contributed by atoms with E-state index in [0.717, 1.165) is 4.90 Å². The Balaban J connectivity index is 2.12. The second-order valence-corrected chi connectivity index (χ2v) is 3.97. The minimum Gasteiger partial charge on any atom is -0.274 e. The number of hydrogen-bond donors (Lipinski definition) is 1. The molecule has 0 radical (unpaired) electrons. The molecule has 1 aromatic carbocycles. The van der Waals surface area contributed by atoms with E-state index in [0.29, 0.717) is 30.0 Å². The molecule has 18 heavy (non-hydrogen) atoms. The van der Waals surface area contributed by atoms with Gasteiger partial charge in [0.15, 0.2) is 0 Å². The lowest BCUT2D eigenvalue weighted by molar-refractivity contribution is -0.125. The van der Waals surface area contributed by atoms with E-state index >= 15 is 0 Å². The lowest BCUT2D eigenvalue weighted by Crippen LogP contribution is -2.50. The molecule has 4 amide bonds. The van der Waals surface area contributed by atoms with E-state index in [1.165, 1.54) is 0 Å². The van der Waals surface area contributed by atoms with Crippen molar-refractivity contribution in [3.05, 3.63) is 35.9 Å². The van der Waals surface area contributed by atoms with Gasteiger partial charge in [0.25, 0.3) is 5.91 Å². The molecule has 1 aliphatic heterocycles. The highest BCUT2D eigenvalue weighted by molar-refractivity contribution is 6.07. The number of hydrazine groups is 1. The normalized spacial score (nSPS) is 14.7. The quantitative estimate of drug-likeness (QED) is 0.451. The number of imide groups is 2. The Labute approximate surface area is 104 Å². The number of nitrogens with two attached hydrogens (primary N) is 1. The number of likely N-dealkylation sites (tertiary alicyclic amines) is 1. The number of carbonyl (C=O) groups is 3. The van der Waals surface area contributed by atoms with Crippen LogP contribution in [0.5, 0.6) is 0 Å². The molecule has 0 bridgehead atoms. The summed E-state index contributed by atoms with van der Waals surface area (Å²) in [5.41, 5.74) is 0.306. The summed E-state index contributed by atoms with van der Waals surface area (Å²) in [5.74, 6) is 4.56. The second-order valence-electron chi connectivity index (χ2n) is 3.97. The first kappa shape index (κ1) is 12.3. The Kier molecular flexibility index (Phi) is 3.38. The molecule has 1 heterocycles. The highest BCUT2D eigenvalue weighted by Crippen LogP contribution is 2.12. The maximum Gasteiger partial charge on any atom is 0.348 e. The molecule has 2 N–H and O–H groups in total. The van der Waals surface area contributed by atoms with Gasteiger partial charge in [0, 0.05) is 18.5 Å². The van der Waals surface area contributed by atoms with Crippen molar-refractivity contribution in [3.8, 4) is 0 Å². The van der Waals surface area contributed by atoms with Crippen LogP contribution in [0.15, 0.2) is 30.3 Å². The lowest BCUT2D eigenvalue weighted by atomic mass is 10.2. The molecule has 94 valence electrons. The fourth-order valence-electron chi connectivity index (χ4n) is 1.79. The molecular weight excluding hydrogens is 234 g/mol. The van der Waals surface area contributed by atoms with Crippen molar-refractivity contribution in [2.75, 3.05) is 6.54 Å². The summed E-state index contributed by atoms with van der Waals surface area (Å²) in [6.07, 6.45) is 0.928. The predicted molar refractivity (Wildman–Crippen MR) is 63.1 cm³/mol. The van der Waals surface area contributed by atoms with Crippen LogP contribution >= 0.6 is 0 Å². The molecular formula is C12H13N3O3. The topological polar surface area (TPSA) is 83.7 Å². The van der Waals surface area contributed by atoms with Crippen LogP contribution in [0.4, 0.5) is 4.79 Å². The molecule has 1 aliphatic rings. The number of rotatable bonds is 1. The van der Waals surface area contributed by atoms with E-state index in [4.69, 9.17) is 5.84 Å². The first-order chi connectivity index (χ1) is 8.61. The van der Waals surface area contributed by atoms with E-state index < -0.39 is 11.9 Å². The molecule has 0 spiro atoms. The third kappa shape index (κ3) is 2.23. The zero-order valence-electron chi connectivity index (χ0n) is 9.70. The number of benzene rings is 1. The molecule has 2 rings (SSSR count). The van der Waals surface area contributed by atoms with Crippen LogP contribution < -0.4 is 5.84 Å². The molecule has 1 fully saturated rings. The van der Waals surface area contributed by atoms with Gasteiger partial charge < -0.3 is 0 Å². The van der Waals surface area contributed by atoms with E-state index in [1.807, 2.05) is 0 Å². The summed E-state index contributed by atoms with van der Waals surface area (Å²) in [7, 11) is 0. The fraction of sp³-hybridized carbons (Fsp3) is 0.250. The molecule has 6 heteroatoms. The number of urea groups is 1. The van der Waals surface area contributed by atoms with Crippen molar-refractivity contribution in [1.29, 1.82) is 0 Å². The molecule has 6 nitrogen and oxygen atoms in total. The largest absolute Gasteiger partial charge is 0.348 e. The minimum atomic E-state index is -0.772. The lowest BCUT2D eigenvalue weighted by Gasteiger charge is -2.20. The van der Waals surface area contributed by atoms with Crippen LogP contribution in [-0.4, -0.2) is 34.3 Å². The Bertz CT molecular complexity index is 487. The Hall–Kier alpha value is -2.21. The molecule has 0 atom stereocenters. The van der Waals surface area contributed by atoms with Gasteiger partial charge in [0.05, 0.1) is 0 Å². The summed E-state index contributed by atoms with van der Waals surface area (Å²) in [6.45, 7) is 0.313. The zero-order valence-corrected chi connectivity index (χ0v) is 9.70. The predicted octanol–water partition coefficient (Wildman–Crippen LogP) is 0.745. The van der Waals surface area contributed by atoms with Gasteiger partial charge in [-0.1, -0.05) is 18.2 Å². The van der Waals surface area contributed by atoms with Gasteiger partial charge in [-0.25, -0.2) is 10.6 Å². The first-order valence-electron chi connectivity index (χ1n) is 5.60. The van der Waals surface area contributed by atoms with Crippen LogP contribution in [-0.2, 0) is 4.79 Å². The Morgan fingerprint density at radius 1 is 1.22 bits per heavy atom. The van der Waals surface area contributed by atoms with Crippen molar-refractivity contribution in [3.63, 3.8) is 0 Å². The van der Waals surface area contributed by atoms with Crippen molar-refractivity contribution in [1.82, 2.24) is 9.91 Å². The van der Waals surface area contributed by atoms with E-state index in [2.05, 4.69) is 0 Å². The molecule has 1 aromatic rings. The van der Waals surface area contributed by atoms with Crippen LogP contribution in [0.3, 0.4) is 0 Å². The summed E-state index contributed by atoms with van der Waals surface area (Å²) < 4.78 is 0. The maximum absolute atomic E-state index is 11.9. The summed E-state index contributed by atoms with van der Waals surface area (Å²) >= 11 is 0. The average molecular weight is 247 g/mol. The highest BCUT2D eigenvalue weighted by atomic mass is 16.2. The third-order valence-electron chi connectivity index (χ3n) is 2.75. The van der Waals surface area contributed by atoms with Crippen molar-refractivity contribution in [2.24, 2.45) is 5.84 Å².